The lowest BCUT2D eigenvalue weighted by molar-refractivity contribution is -0.123. The Hall–Kier alpha value is -0.915. The molecule has 3 nitrogen and oxygen atoms in total. The van der Waals surface area contributed by atoms with Gasteiger partial charge in [0.05, 0.1) is 6.61 Å². The molecule has 0 spiro atoms. The van der Waals surface area contributed by atoms with E-state index in [1.807, 2.05) is 18.2 Å². The van der Waals surface area contributed by atoms with Crippen molar-refractivity contribution in [1.82, 2.24) is 9.96 Å². The molecule has 0 bridgehead atoms. The maximum absolute atomic E-state index is 9.75. The lowest BCUT2D eigenvalue weighted by atomic mass is 10.3. The molecule has 1 aliphatic heterocycles. The van der Waals surface area contributed by atoms with E-state index in [0.717, 1.165) is 19.8 Å². The summed E-state index contributed by atoms with van der Waals surface area (Å²) in [4.78, 5) is 7.58. The molecule has 8 heteroatoms. The van der Waals surface area contributed by atoms with E-state index >= 15 is 0 Å². The molecule has 1 aliphatic rings. The van der Waals surface area contributed by atoms with Crippen molar-refractivity contribution in [3.63, 3.8) is 0 Å². The van der Waals surface area contributed by atoms with E-state index in [2.05, 4.69) is 18.0 Å². The summed E-state index contributed by atoms with van der Waals surface area (Å²) in [6, 6.07) is 0. The Balaban J connectivity index is 0.000000437. The van der Waals surface area contributed by atoms with Gasteiger partial charge >= 0.3 is 7.25 Å². The summed E-state index contributed by atoms with van der Waals surface area (Å²) in [5, 5.41) is 1.87. The van der Waals surface area contributed by atoms with Gasteiger partial charge in [-0.15, -0.1) is 0 Å². The van der Waals surface area contributed by atoms with Gasteiger partial charge in [0.15, 0.2) is 0 Å². The smallest absolute Gasteiger partial charge is 0.418 e. The third kappa shape index (κ3) is 11.4. The highest BCUT2D eigenvalue weighted by Gasteiger charge is 2.20. The van der Waals surface area contributed by atoms with E-state index in [-0.39, 0.29) is 0 Å². The number of unbranched alkanes of at least 4 members (excludes halogenated alkanes) is 1. The predicted molar refractivity (Wildman–Crippen MR) is 59.3 cm³/mol. The zero-order chi connectivity index (χ0) is 13.3. The van der Waals surface area contributed by atoms with E-state index in [4.69, 9.17) is 4.84 Å². The van der Waals surface area contributed by atoms with Crippen LogP contribution in [0, 0.1) is 0 Å². The van der Waals surface area contributed by atoms with Gasteiger partial charge in [-0.1, -0.05) is 13.3 Å². The van der Waals surface area contributed by atoms with Crippen LogP contribution >= 0.6 is 0 Å². The second-order valence-electron chi connectivity index (χ2n) is 3.44. The van der Waals surface area contributed by atoms with E-state index in [1.165, 1.54) is 12.8 Å². The molecule has 0 aliphatic carbocycles. The molecule has 1 heterocycles. The Bertz CT molecular complexity index is 220. The molecule has 0 amide bonds. The molecule has 0 unspecified atom stereocenters. The summed E-state index contributed by atoms with van der Waals surface area (Å²) in [6.07, 6.45) is 6.58. The highest BCUT2D eigenvalue weighted by molar-refractivity contribution is 6.50. The van der Waals surface area contributed by atoms with Crippen LogP contribution in [0.5, 0.6) is 0 Å². The maximum Gasteiger partial charge on any atom is 0.673 e. The Morgan fingerprint density at radius 2 is 1.76 bits per heavy atom. The number of halogens is 4. The van der Waals surface area contributed by atoms with Crippen LogP contribution in [0.4, 0.5) is 17.3 Å². The van der Waals surface area contributed by atoms with Crippen LogP contribution in [0.15, 0.2) is 12.4 Å². The van der Waals surface area contributed by atoms with Crippen molar-refractivity contribution in [3.8, 4) is 0 Å². The molecule has 0 radical (unpaired) electrons. The summed E-state index contributed by atoms with van der Waals surface area (Å²) < 4.78 is 39.0. The van der Waals surface area contributed by atoms with Gasteiger partial charge < -0.3 is 22.2 Å². The van der Waals surface area contributed by atoms with Gasteiger partial charge in [0.1, 0.15) is 6.67 Å². The maximum atomic E-state index is 9.75. The first-order valence-corrected chi connectivity index (χ1v) is 5.56. The molecule has 0 aromatic heterocycles. The molecule has 102 valence electrons. The SMILES string of the molecule is CCCCN1C=CN(OCC)C1.F[B-](F)(F)F. The lowest BCUT2D eigenvalue weighted by Gasteiger charge is -2.19. The third-order valence-electron chi connectivity index (χ3n) is 1.86. The highest BCUT2D eigenvalue weighted by Crippen LogP contribution is 2.07. The number of hydrogen-bond acceptors (Lipinski definition) is 3. The van der Waals surface area contributed by atoms with E-state index < -0.39 is 7.25 Å². The number of hydrogen-bond donors (Lipinski definition) is 0. The normalized spacial score (nSPS) is 14.9. The first-order valence-electron chi connectivity index (χ1n) is 5.56. The second-order valence-corrected chi connectivity index (χ2v) is 3.44. The highest BCUT2D eigenvalue weighted by atomic mass is 19.5. The van der Waals surface area contributed by atoms with Crippen LogP contribution < -0.4 is 0 Å². The van der Waals surface area contributed by atoms with Gasteiger partial charge in [-0.25, -0.2) is 5.06 Å². The topological polar surface area (TPSA) is 15.7 Å². The van der Waals surface area contributed by atoms with Crippen LogP contribution in [0.25, 0.3) is 0 Å². The number of hydroxylamine groups is 2. The van der Waals surface area contributed by atoms with Crippen LogP contribution in [-0.2, 0) is 4.84 Å². The van der Waals surface area contributed by atoms with Crippen molar-refractivity contribution in [3.05, 3.63) is 12.4 Å². The minimum absolute atomic E-state index is 0.742. The van der Waals surface area contributed by atoms with Crippen molar-refractivity contribution >= 4 is 7.25 Å². The molecular formula is C9H18BF4N2O-. The van der Waals surface area contributed by atoms with Gasteiger partial charge in [0.25, 0.3) is 0 Å². The van der Waals surface area contributed by atoms with Gasteiger partial charge in [-0.05, 0) is 13.3 Å². The molecule has 0 aromatic rings. The molecule has 0 saturated carbocycles. The Labute approximate surface area is 99.1 Å². The standard InChI is InChI=1S/C9H18N2O.BF4/c1-3-5-6-10-7-8-11(9-10)12-4-2;2-1(3,4)5/h7-8H,3-6,9H2,1-2H3;/q;-1. The Kier molecular flexibility index (Phi) is 7.77. The molecule has 0 N–H and O–H groups in total. The largest absolute Gasteiger partial charge is 0.673 e. The molecule has 0 fully saturated rings. The van der Waals surface area contributed by atoms with Gasteiger partial charge in [-0.3, -0.25) is 4.84 Å². The molecule has 1 rings (SSSR count). The quantitative estimate of drug-likeness (QED) is 0.556. The average molecular weight is 257 g/mol. The third-order valence-corrected chi connectivity index (χ3v) is 1.86. The second kappa shape index (κ2) is 8.22. The van der Waals surface area contributed by atoms with Crippen molar-refractivity contribution in [2.24, 2.45) is 0 Å². The fraction of sp³-hybridized carbons (Fsp3) is 0.778. The number of rotatable bonds is 5. The van der Waals surface area contributed by atoms with E-state index in [1.54, 1.807) is 0 Å². The molecule has 17 heavy (non-hydrogen) atoms. The first-order chi connectivity index (χ1) is 7.86. The molecule has 0 saturated heterocycles. The molecule has 0 atom stereocenters. The van der Waals surface area contributed by atoms with E-state index in [0.29, 0.717) is 0 Å². The van der Waals surface area contributed by atoms with Gasteiger partial charge in [0.2, 0.25) is 0 Å². The van der Waals surface area contributed by atoms with Crippen LogP contribution in [-0.4, -0.2) is 37.0 Å². The molecule has 0 aromatic carbocycles. The Morgan fingerprint density at radius 1 is 1.18 bits per heavy atom. The summed E-state index contributed by atoms with van der Waals surface area (Å²) >= 11 is 0. The fourth-order valence-electron chi connectivity index (χ4n) is 1.20. The zero-order valence-electron chi connectivity index (χ0n) is 10.1. The van der Waals surface area contributed by atoms with Crippen LogP contribution in [0.2, 0.25) is 0 Å². The minimum atomic E-state index is -6.00. The summed E-state index contributed by atoms with van der Waals surface area (Å²) in [5.41, 5.74) is 0. The van der Waals surface area contributed by atoms with E-state index in [9.17, 15) is 17.3 Å². The van der Waals surface area contributed by atoms with Crippen LogP contribution in [0.1, 0.15) is 26.7 Å². The Morgan fingerprint density at radius 3 is 2.24 bits per heavy atom. The first kappa shape index (κ1) is 16.1. The van der Waals surface area contributed by atoms with Crippen molar-refractivity contribution in [1.29, 1.82) is 0 Å². The monoisotopic (exact) mass is 257 g/mol. The minimum Gasteiger partial charge on any atom is -0.418 e. The summed E-state index contributed by atoms with van der Waals surface area (Å²) in [5.74, 6) is 0. The lowest BCUT2D eigenvalue weighted by Crippen LogP contribution is -2.26. The molecular weight excluding hydrogens is 239 g/mol. The predicted octanol–water partition coefficient (Wildman–Crippen LogP) is 3.08. The van der Waals surface area contributed by atoms with Crippen LogP contribution in [0.3, 0.4) is 0 Å². The van der Waals surface area contributed by atoms with Crippen molar-refractivity contribution in [2.75, 3.05) is 19.8 Å². The fourth-order valence-corrected chi connectivity index (χ4v) is 1.20. The van der Waals surface area contributed by atoms with Gasteiger partial charge in [0, 0.05) is 18.9 Å². The summed E-state index contributed by atoms with van der Waals surface area (Å²) in [6.45, 7) is 6.97. The summed E-state index contributed by atoms with van der Waals surface area (Å²) in [7, 11) is -6.00. The van der Waals surface area contributed by atoms with Crippen molar-refractivity contribution < 1.29 is 22.1 Å². The average Bonchev–Trinajstić information content (AvgIpc) is 2.61. The van der Waals surface area contributed by atoms with Crippen molar-refractivity contribution in [2.45, 2.75) is 26.7 Å². The zero-order valence-corrected chi connectivity index (χ0v) is 10.1. The number of nitrogens with zero attached hydrogens (tertiary/aromatic N) is 2. The van der Waals surface area contributed by atoms with Gasteiger partial charge in [-0.2, -0.15) is 0 Å².